The van der Waals surface area contributed by atoms with Gasteiger partial charge in [0.2, 0.25) is 0 Å². The average molecular weight is 189 g/mol. The Morgan fingerprint density at radius 2 is 1.77 bits per heavy atom. The van der Waals surface area contributed by atoms with Gasteiger partial charge < -0.3 is 4.74 Å². The third-order valence-electron chi connectivity index (χ3n) is 1.27. The first-order valence-electron chi connectivity index (χ1n) is 3.64. The topological polar surface area (TPSA) is 9.23 Å². The summed E-state index contributed by atoms with van der Waals surface area (Å²) in [6.45, 7) is -0.157. The van der Waals surface area contributed by atoms with E-state index in [0.717, 1.165) is 6.61 Å². The lowest BCUT2D eigenvalue weighted by Gasteiger charge is -2.06. The minimum absolute atomic E-state index is 0.617. The summed E-state index contributed by atoms with van der Waals surface area (Å²) >= 11 is 0. The molecular weight excluding hydrogens is 181 g/mol. The van der Waals surface area contributed by atoms with Crippen molar-refractivity contribution in [2.75, 3.05) is 6.61 Å². The molecule has 0 atom stereocenters. The second-order valence-electron chi connectivity index (χ2n) is 2.45. The minimum Gasteiger partial charge on any atom is -0.361 e. The van der Waals surface area contributed by atoms with E-state index in [0.29, 0.717) is 5.56 Å². The maximum Gasteiger partial charge on any atom is 0.411 e. The van der Waals surface area contributed by atoms with Gasteiger partial charge in [-0.2, -0.15) is 13.2 Å². The molecule has 1 aromatic carbocycles. The number of benzene rings is 1. The monoisotopic (exact) mass is 189 g/mol. The summed E-state index contributed by atoms with van der Waals surface area (Å²) in [5, 5.41) is 0. The minimum atomic E-state index is -4.27. The zero-order chi connectivity index (χ0) is 9.73. The summed E-state index contributed by atoms with van der Waals surface area (Å²) in [4.78, 5) is 0. The van der Waals surface area contributed by atoms with E-state index in [9.17, 15) is 13.2 Å². The molecule has 0 bridgehead atoms. The van der Waals surface area contributed by atoms with Gasteiger partial charge in [0.15, 0.2) is 0 Å². The van der Waals surface area contributed by atoms with Gasteiger partial charge in [-0.05, 0) is 5.56 Å². The molecule has 1 aromatic rings. The lowest BCUT2D eigenvalue weighted by molar-refractivity contribution is -0.165. The van der Waals surface area contributed by atoms with Crippen LogP contribution in [0.4, 0.5) is 13.2 Å². The van der Waals surface area contributed by atoms with Gasteiger partial charge in [0.1, 0.15) is 13.2 Å². The molecule has 0 fully saturated rings. The maximum atomic E-state index is 11.6. The normalized spacial score (nSPS) is 11.6. The zero-order valence-electron chi connectivity index (χ0n) is 6.71. The molecule has 0 spiro atoms. The van der Waals surface area contributed by atoms with Gasteiger partial charge in [0.25, 0.3) is 0 Å². The van der Waals surface area contributed by atoms with Crippen LogP contribution in [0.5, 0.6) is 0 Å². The highest BCUT2D eigenvalue weighted by Crippen LogP contribution is 2.15. The molecular formula is C9H8F3O. The van der Waals surface area contributed by atoms with Crippen LogP contribution < -0.4 is 0 Å². The van der Waals surface area contributed by atoms with E-state index < -0.39 is 12.8 Å². The summed E-state index contributed by atoms with van der Waals surface area (Å²) < 4.78 is 39.2. The molecule has 0 amide bonds. The van der Waals surface area contributed by atoms with Gasteiger partial charge in [-0.15, -0.1) is 0 Å². The second-order valence-corrected chi connectivity index (χ2v) is 2.45. The molecule has 0 aromatic heterocycles. The molecule has 0 aliphatic rings. The summed E-state index contributed by atoms with van der Waals surface area (Å²) in [6, 6.07) is 8.55. The predicted octanol–water partition coefficient (Wildman–Crippen LogP) is 2.78. The summed E-state index contributed by atoms with van der Waals surface area (Å²) in [7, 11) is 0. The van der Waals surface area contributed by atoms with Crippen LogP contribution >= 0.6 is 0 Å². The van der Waals surface area contributed by atoms with E-state index in [1.807, 2.05) is 0 Å². The van der Waals surface area contributed by atoms with Crippen molar-refractivity contribution in [1.82, 2.24) is 0 Å². The van der Waals surface area contributed by atoms with Gasteiger partial charge >= 0.3 is 6.18 Å². The third-order valence-corrected chi connectivity index (χ3v) is 1.27. The number of halogens is 3. The zero-order valence-corrected chi connectivity index (χ0v) is 6.71. The molecule has 1 nitrogen and oxygen atoms in total. The number of rotatable bonds is 3. The molecule has 0 aliphatic carbocycles. The van der Waals surface area contributed by atoms with E-state index >= 15 is 0 Å². The molecule has 0 saturated heterocycles. The number of hydrogen-bond donors (Lipinski definition) is 0. The van der Waals surface area contributed by atoms with Crippen LogP contribution in [0.2, 0.25) is 0 Å². The first kappa shape index (κ1) is 10.1. The quantitative estimate of drug-likeness (QED) is 0.710. The fraction of sp³-hybridized carbons (Fsp3) is 0.222. The number of ether oxygens (including phenoxy) is 1. The molecule has 0 unspecified atom stereocenters. The Kier molecular flexibility index (Phi) is 3.31. The van der Waals surface area contributed by atoms with Crippen molar-refractivity contribution >= 4 is 0 Å². The van der Waals surface area contributed by atoms with Crippen molar-refractivity contribution in [1.29, 1.82) is 0 Å². The molecule has 4 heteroatoms. The SMILES string of the molecule is FC(F)(F)CO[CH]c1ccccc1. The standard InChI is InChI=1S/C9H8F3O/c10-9(11,12)7-13-6-8-4-2-1-3-5-8/h1-6H,7H2. The van der Waals surface area contributed by atoms with E-state index in [1.165, 1.54) is 0 Å². The van der Waals surface area contributed by atoms with Gasteiger partial charge in [-0.3, -0.25) is 0 Å². The van der Waals surface area contributed by atoms with Crippen LogP contribution in [0.3, 0.4) is 0 Å². The van der Waals surface area contributed by atoms with Gasteiger partial charge in [0.05, 0.1) is 0 Å². The average Bonchev–Trinajstić information content (AvgIpc) is 2.04. The molecule has 0 saturated carbocycles. The van der Waals surface area contributed by atoms with Crippen molar-refractivity contribution in [2.45, 2.75) is 6.18 Å². The van der Waals surface area contributed by atoms with Crippen LogP contribution in [0.1, 0.15) is 5.56 Å². The molecule has 0 aliphatic heterocycles. The van der Waals surface area contributed by atoms with E-state index in [2.05, 4.69) is 4.74 Å². The number of hydrogen-bond acceptors (Lipinski definition) is 1. The first-order valence-corrected chi connectivity index (χ1v) is 3.64. The van der Waals surface area contributed by atoms with E-state index in [-0.39, 0.29) is 0 Å². The fourth-order valence-corrected chi connectivity index (χ4v) is 0.764. The highest BCUT2D eigenvalue weighted by atomic mass is 19.4. The second kappa shape index (κ2) is 4.28. The molecule has 1 rings (SSSR count). The van der Waals surface area contributed by atoms with Crippen LogP contribution in [0.15, 0.2) is 30.3 Å². The number of alkyl halides is 3. The van der Waals surface area contributed by atoms with Crippen LogP contribution in [-0.4, -0.2) is 12.8 Å². The lowest BCUT2D eigenvalue weighted by atomic mass is 10.2. The Morgan fingerprint density at radius 1 is 1.15 bits per heavy atom. The summed E-state index contributed by atoms with van der Waals surface area (Å²) in [5.41, 5.74) is 0.617. The van der Waals surface area contributed by atoms with Crippen molar-refractivity contribution < 1.29 is 17.9 Å². The van der Waals surface area contributed by atoms with Crippen LogP contribution in [-0.2, 0) is 4.74 Å². The highest BCUT2D eigenvalue weighted by Gasteiger charge is 2.27. The van der Waals surface area contributed by atoms with E-state index in [4.69, 9.17) is 0 Å². The summed E-state index contributed by atoms with van der Waals surface area (Å²) in [5.74, 6) is 0. The maximum absolute atomic E-state index is 11.6. The molecule has 13 heavy (non-hydrogen) atoms. The third kappa shape index (κ3) is 4.52. The Labute approximate surface area is 74.1 Å². The Balaban J connectivity index is 2.29. The van der Waals surface area contributed by atoms with Crippen molar-refractivity contribution in [3.63, 3.8) is 0 Å². The van der Waals surface area contributed by atoms with Crippen molar-refractivity contribution in [3.8, 4) is 0 Å². The van der Waals surface area contributed by atoms with Crippen molar-refractivity contribution in [2.24, 2.45) is 0 Å². The fourth-order valence-electron chi connectivity index (χ4n) is 0.764. The first-order chi connectivity index (χ1) is 6.08. The van der Waals surface area contributed by atoms with Gasteiger partial charge in [-0.1, -0.05) is 30.3 Å². The van der Waals surface area contributed by atoms with Crippen molar-refractivity contribution in [3.05, 3.63) is 42.5 Å². The van der Waals surface area contributed by atoms with Gasteiger partial charge in [0, 0.05) is 0 Å². The molecule has 71 valence electrons. The molecule has 0 N–H and O–H groups in total. The largest absolute Gasteiger partial charge is 0.411 e. The van der Waals surface area contributed by atoms with Crippen LogP contribution in [0.25, 0.3) is 0 Å². The Hall–Kier alpha value is -1.03. The predicted molar refractivity (Wildman–Crippen MR) is 41.9 cm³/mol. The Bertz CT molecular complexity index is 243. The Morgan fingerprint density at radius 3 is 2.31 bits per heavy atom. The molecule has 0 heterocycles. The highest BCUT2D eigenvalue weighted by molar-refractivity contribution is 5.19. The lowest BCUT2D eigenvalue weighted by Crippen LogP contribution is -2.15. The smallest absolute Gasteiger partial charge is 0.361 e. The molecule has 1 radical (unpaired) electrons. The summed E-state index contributed by atoms with van der Waals surface area (Å²) in [6.07, 6.45) is -4.27. The van der Waals surface area contributed by atoms with Crippen LogP contribution in [0, 0.1) is 6.61 Å². The van der Waals surface area contributed by atoms with E-state index in [1.54, 1.807) is 30.3 Å². The van der Waals surface area contributed by atoms with Gasteiger partial charge in [-0.25, -0.2) is 0 Å².